The first kappa shape index (κ1) is 13.9. The first-order valence-corrected chi connectivity index (χ1v) is 7.89. The van der Waals surface area contributed by atoms with Crippen molar-refractivity contribution in [3.63, 3.8) is 0 Å². The van der Waals surface area contributed by atoms with E-state index in [1.807, 2.05) is 6.07 Å². The van der Waals surface area contributed by atoms with Crippen molar-refractivity contribution in [1.29, 1.82) is 5.26 Å². The number of nitrogens with one attached hydrogen (secondary N) is 1. The third-order valence-corrected chi connectivity index (χ3v) is 5.73. The fourth-order valence-corrected chi connectivity index (χ4v) is 3.84. The van der Waals surface area contributed by atoms with E-state index in [1.54, 1.807) is 25.1 Å². The Morgan fingerprint density at radius 1 is 1.32 bits per heavy atom. The Morgan fingerprint density at radius 3 is 2.68 bits per heavy atom. The molecule has 4 nitrogen and oxygen atoms in total. The second-order valence-corrected chi connectivity index (χ2v) is 7.15. The average molecular weight is 313 g/mol. The zero-order valence-corrected chi connectivity index (χ0v) is 12.2. The molecular formula is C12H9ClN2O2S2. The first-order valence-electron chi connectivity index (χ1n) is 5.22. The van der Waals surface area contributed by atoms with Crippen molar-refractivity contribution in [3.8, 4) is 6.07 Å². The quantitative estimate of drug-likeness (QED) is 0.944. The molecule has 0 unspecified atom stereocenters. The van der Waals surface area contributed by atoms with Crippen LogP contribution >= 0.6 is 22.9 Å². The Balaban J connectivity index is 2.37. The highest BCUT2D eigenvalue weighted by molar-refractivity contribution is 7.94. The molecule has 0 saturated carbocycles. The van der Waals surface area contributed by atoms with E-state index in [0.29, 0.717) is 21.2 Å². The third-order valence-electron chi connectivity index (χ3n) is 2.47. The number of sulfonamides is 1. The van der Waals surface area contributed by atoms with Crippen molar-refractivity contribution < 1.29 is 8.42 Å². The molecule has 0 atom stereocenters. The summed E-state index contributed by atoms with van der Waals surface area (Å²) in [5, 5.41) is 9.20. The van der Waals surface area contributed by atoms with Crippen molar-refractivity contribution in [3.05, 3.63) is 45.8 Å². The molecule has 0 bridgehead atoms. The van der Waals surface area contributed by atoms with Gasteiger partial charge in [0.2, 0.25) is 0 Å². The Morgan fingerprint density at radius 2 is 2.05 bits per heavy atom. The van der Waals surface area contributed by atoms with E-state index < -0.39 is 10.0 Å². The topological polar surface area (TPSA) is 70.0 Å². The van der Waals surface area contributed by atoms with E-state index in [4.69, 9.17) is 16.9 Å². The Labute approximate surface area is 120 Å². The molecule has 1 aromatic carbocycles. The van der Waals surface area contributed by atoms with Crippen LogP contribution in [0.5, 0.6) is 0 Å². The van der Waals surface area contributed by atoms with Gasteiger partial charge in [0.25, 0.3) is 10.0 Å². The van der Waals surface area contributed by atoms with Gasteiger partial charge in [-0.25, -0.2) is 8.42 Å². The van der Waals surface area contributed by atoms with Gasteiger partial charge in [-0.05, 0) is 36.8 Å². The van der Waals surface area contributed by atoms with E-state index in [9.17, 15) is 8.42 Å². The molecule has 0 aliphatic carbocycles. The summed E-state index contributed by atoms with van der Waals surface area (Å²) in [6, 6.07) is 9.79. The number of hydrogen-bond acceptors (Lipinski definition) is 4. The van der Waals surface area contributed by atoms with Gasteiger partial charge in [0.15, 0.2) is 0 Å². The summed E-state index contributed by atoms with van der Waals surface area (Å²) in [7, 11) is -3.68. The molecule has 1 aromatic heterocycles. The van der Waals surface area contributed by atoms with E-state index in [1.165, 1.54) is 12.1 Å². The van der Waals surface area contributed by atoms with Crippen molar-refractivity contribution >= 4 is 38.6 Å². The number of thiophene rings is 1. The predicted octanol–water partition coefficient (Wildman–Crippen LogP) is 3.38. The summed E-state index contributed by atoms with van der Waals surface area (Å²) >= 11 is 6.86. The highest BCUT2D eigenvalue weighted by Gasteiger charge is 2.18. The zero-order chi connectivity index (χ0) is 14.0. The number of benzene rings is 1. The molecule has 1 N–H and O–H groups in total. The van der Waals surface area contributed by atoms with Gasteiger partial charge in [-0.3, -0.25) is 4.72 Å². The largest absolute Gasteiger partial charge is 0.279 e. The molecule has 0 aliphatic heterocycles. The molecule has 19 heavy (non-hydrogen) atoms. The van der Waals surface area contributed by atoms with Crippen LogP contribution in [0.15, 0.2) is 34.5 Å². The van der Waals surface area contributed by atoms with Crippen LogP contribution in [-0.2, 0) is 10.0 Å². The maximum atomic E-state index is 12.1. The molecule has 0 fully saturated rings. The van der Waals surface area contributed by atoms with E-state index >= 15 is 0 Å². The van der Waals surface area contributed by atoms with Gasteiger partial charge in [0.05, 0.1) is 5.69 Å². The number of anilines is 1. The standard InChI is InChI=1S/C12H9ClN2O2S2/c1-8-10(13)3-2-4-11(8)15-19(16,17)12-6-5-9(7-14)18-12/h2-6,15H,1H3. The lowest BCUT2D eigenvalue weighted by Gasteiger charge is -2.09. The maximum Gasteiger partial charge on any atom is 0.271 e. The smallest absolute Gasteiger partial charge is 0.271 e. The molecule has 0 spiro atoms. The summed E-state index contributed by atoms with van der Waals surface area (Å²) in [4.78, 5) is 0.350. The number of rotatable bonds is 3. The second kappa shape index (κ2) is 5.21. The van der Waals surface area contributed by atoms with E-state index in [0.717, 1.165) is 11.3 Å². The lowest BCUT2D eigenvalue weighted by atomic mass is 10.2. The van der Waals surface area contributed by atoms with Gasteiger partial charge in [-0.15, -0.1) is 11.3 Å². The highest BCUT2D eigenvalue weighted by Crippen LogP contribution is 2.27. The number of nitriles is 1. The van der Waals surface area contributed by atoms with E-state index in [-0.39, 0.29) is 4.21 Å². The minimum absolute atomic E-state index is 0.100. The van der Waals surface area contributed by atoms with Gasteiger partial charge in [0, 0.05) is 5.02 Å². The molecule has 0 radical (unpaired) electrons. The molecule has 2 aromatic rings. The molecule has 7 heteroatoms. The van der Waals surface area contributed by atoms with Crippen LogP contribution < -0.4 is 4.72 Å². The number of hydrogen-bond donors (Lipinski definition) is 1. The summed E-state index contributed by atoms with van der Waals surface area (Å²) in [6.45, 7) is 1.73. The lowest BCUT2D eigenvalue weighted by Crippen LogP contribution is -2.12. The molecule has 2 rings (SSSR count). The molecular weight excluding hydrogens is 304 g/mol. The molecule has 0 aliphatic rings. The van der Waals surface area contributed by atoms with E-state index in [2.05, 4.69) is 4.72 Å². The number of nitrogens with zero attached hydrogens (tertiary/aromatic N) is 1. The maximum absolute atomic E-state index is 12.1. The Kier molecular flexibility index (Phi) is 3.80. The average Bonchev–Trinajstić information content (AvgIpc) is 2.84. The van der Waals surface area contributed by atoms with Crippen LogP contribution in [0.4, 0.5) is 5.69 Å². The SMILES string of the molecule is Cc1c(Cl)cccc1NS(=O)(=O)c1ccc(C#N)s1. The van der Waals surface area contributed by atoms with Gasteiger partial charge in [-0.1, -0.05) is 17.7 Å². The normalized spacial score (nSPS) is 11.0. The second-order valence-electron chi connectivity index (χ2n) is 3.75. The van der Waals surface area contributed by atoms with Crippen LogP contribution in [0.3, 0.4) is 0 Å². The van der Waals surface area contributed by atoms with Crippen molar-refractivity contribution in [2.75, 3.05) is 4.72 Å². The van der Waals surface area contributed by atoms with Crippen LogP contribution in [0, 0.1) is 18.3 Å². The zero-order valence-electron chi connectivity index (χ0n) is 9.84. The minimum Gasteiger partial charge on any atom is -0.279 e. The fraction of sp³-hybridized carbons (Fsp3) is 0.0833. The summed E-state index contributed by atoms with van der Waals surface area (Å²) < 4.78 is 26.9. The Bertz CT molecular complexity index is 760. The fourth-order valence-electron chi connectivity index (χ4n) is 1.44. The van der Waals surface area contributed by atoms with Crippen LogP contribution in [0.25, 0.3) is 0 Å². The minimum atomic E-state index is -3.68. The van der Waals surface area contributed by atoms with Crippen LogP contribution in [0.2, 0.25) is 5.02 Å². The van der Waals surface area contributed by atoms with Crippen LogP contribution in [0.1, 0.15) is 10.4 Å². The molecule has 0 amide bonds. The summed E-state index contributed by atoms with van der Waals surface area (Å²) in [5.41, 5.74) is 1.09. The van der Waals surface area contributed by atoms with Crippen molar-refractivity contribution in [2.24, 2.45) is 0 Å². The molecule has 0 saturated heterocycles. The molecule has 98 valence electrons. The monoisotopic (exact) mass is 312 g/mol. The highest BCUT2D eigenvalue weighted by atomic mass is 35.5. The Hall–Kier alpha value is -1.55. The van der Waals surface area contributed by atoms with Gasteiger partial charge in [-0.2, -0.15) is 5.26 Å². The van der Waals surface area contributed by atoms with Crippen LogP contribution in [-0.4, -0.2) is 8.42 Å². The van der Waals surface area contributed by atoms with Crippen molar-refractivity contribution in [2.45, 2.75) is 11.1 Å². The summed E-state index contributed by atoms with van der Waals surface area (Å²) in [5.74, 6) is 0. The van der Waals surface area contributed by atoms with Gasteiger partial charge in [0.1, 0.15) is 15.2 Å². The van der Waals surface area contributed by atoms with Gasteiger partial charge >= 0.3 is 0 Å². The first-order chi connectivity index (χ1) is 8.94. The molecule has 1 heterocycles. The number of halogens is 1. The van der Waals surface area contributed by atoms with Crippen molar-refractivity contribution in [1.82, 2.24) is 0 Å². The third kappa shape index (κ3) is 2.89. The predicted molar refractivity (Wildman–Crippen MR) is 76.0 cm³/mol. The lowest BCUT2D eigenvalue weighted by molar-refractivity contribution is 0.603. The van der Waals surface area contributed by atoms with Gasteiger partial charge < -0.3 is 0 Å². The summed E-state index contributed by atoms with van der Waals surface area (Å²) in [6.07, 6.45) is 0.